The highest BCUT2D eigenvalue weighted by Crippen LogP contribution is 2.28. The maximum Gasteiger partial charge on any atom is 0.271 e. The van der Waals surface area contributed by atoms with Gasteiger partial charge in [0.05, 0.1) is 22.1 Å². The summed E-state index contributed by atoms with van der Waals surface area (Å²) in [6.45, 7) is -0.393. The number of nitro benzene ring substituents is 1. The molecule has 0 aromatic heterocycles. The highest BCUT2D eigenvalue weighted by atomic mass is 35.5. The van der Waals surface area contributed by atoms with Crippen molar-refractivity contribution in [2.45, 2.75) is 6.42 Å². The second kappa shape index (κ2) is 7.83. The molecule has 0 saturated carbocycles. The van der Waals surface area contributed by atoms with E-state index in [9.17, 15) is 19.7 Å². The van der Waals surface area contributed by atoms with Crippen molar-refractivity contribution in [2.24, 2.45) is 5.10 Å². The molecule has 9 nitrogen and oxygen atoms in total. The van der Waals surface area contributed by atoms with Crippen LogP contribution in [0.4, 0.5) is 11.4 Å². The van der Waals surface area contributed by atoms with Gasteiger partial charge in [0.15, 0.2) is 6.61 Å². The topological polar surface area (TPSA) is 114 Å². The molecule has 0 atom stereocenters. The Labute approximate surface area is 158 Å². The van der Waals surface area contributed by atoms with Gasteiger partial charge in [0.25, 0.3) is 17.5 Å². The van der Waals surface area contributed by atoms with Gasteiger partial charge in [-0.15, -0.1) is 0 Å². The van der Waals surface area contributed by atoms with Gasteiger partial charge in [0.1, 0.15) is 11.6 Å². The van der Waals surface area contributed by atoms with Crippen LogP contribution in [0.1, 0.15) is 6.42 Å². The second-order valence-electron chi connectivity index (χ2n) is 5.47. The molecule has 1 aliphatic heterocycles. The Balaban J connectivity index is 1.58. The van der Waals surface area contributed by atoms with Crippen LogP contribution in [-0.2, 0) is 9.59 Å². The van der Waals surface area contributed by atoms with Gasteiger partial charge in [0, 0.05) is 12.1 Å². The van der Waals surface area contributed by atoms with Gasteiger partial charge >= 0.3 is 0 Å². The first-order chi connectivity index (χ1) is 12.9. The fourth-order valence-corrected chi connectivity index (χ4v) is 2.56. The van der Waals surface area contributed by atoms with Gasteiger partial charge in [0.2, 0.25) is 0 Å². The van der Waals surface area contributed by atoms with E-state index in [2.05, 4.69) is 10.4 Å². The predicted octanol–water partition coefficient (Wildman–Crippen LogP) is 2.49. The summed E-state index contributed by atoms with van der Waals surface area (Å²) in [5.41, 5.74) is 0.414. The van der Waals surface area contributed by atoms with E-state index in [0.29, 0.717) is 5.69 Å². The zero-order valence-electron chi connectivity index (χ0n) is 13.8. The molecule has 0 aliphatic carbocycles. The third-order valence-electron chi connectivity index (χ3n) is 3.55. The Morgan fingerprint density at radius 1 is 1.30 bits per heavy atom. The summed E-state index contributed by atoms with van der Waals surface area (Å²) in [5.74, 6) is -0.471. The molecule has 2 aromatic carbocycles. The predicted molar refractivity (Wildman–Crippen MR) is 97.7 cm³/mol. The number of nitro groups is 1. The Morgan fingerprint density at radius 2 is 2.04 bits per heavy atom. The molecule has 1 N–H and O–H groups in total. The number of non-ortho nitro benzene ring substituents is 1. The summed E-state index contributed by atoms with van der Waals surface area (Å²) in [7, 11) is 0. The molecule has 1 aliphatic rings. The number of amidine groups is 1. The van der Waals surface area contributed by atoms with Crippen molar-refractivity contribution >= 4 is 40.6 Å². The first-order valence-corrected chi connectivity index (χ1v) is 8.14. The number of hydrazone groups is 1. The van der Waals surface area contributed by atoms with Gasteiger partial charge < -0.3 is 10.1 Å². The lowest BCUT2D eigenvalue weighted by atomic mass is 10.3. The number of nitrogens with zero attached hydrogens (tertiary/aromatic N) is 3. The van der Waals surface area contributed by atoms with Gasteiger partial charge in [-0.3, -0.25) is 19.7 Å². The third kappa shape index (κ3) is 4.39. The Morgan fingerprint density at radius 3 is 2.70 bits per heavy atom. The summed E-state index contributed by atoms with van der Waals surface area (Å²) < 4.78 is 5.26. The van der Waals surface area contributed by atoms with Crippen LogP contribution >= 0.6 is 11.6 Å². The molecular formula is C17H13ClN4O5. The lowest BCUT2D eigenvalue weighted by Crippen LogP contribution is -2.33. The van der Waals surface area contributed by atoms with Gasteiger partial charge in [-0.05, 0) is 18.2 Å². The molecule has 0 fully saturated rings. The van der Waals surface area contributed by atoms with Crippen LogP contribution in [0.2, 0.25) is 5.02 Å². The molecule has 27 heavy (non-hydrogen) atoms. The highest BCUT2D eigenvalue weighted by Gasteiger charge is 2.26. The number of nitrogens with one attached hydrogen (secondary N) is 1. The molecule has 3 rings (SSSR count). The first kappa shape index (κ1) is 18.3. The van der Waals surface area contributed by atoms with E-state index in [1.807, 2.05) is 6.07 Å². The SMILES string of the molecule is O=C(COc1ccc([N+](=O)[O-])cc1Cl)NC1=NN(c2ccccc2)C(=O)C1. The van der Waals surface area contributed by atoms with Crippen molar-refractivity contribution < 1.29 is 19.2 Å². The van der Waals surface area contributed by atoms with Crippen molar-refractivity contribution in [2.75, 3.05) is 11.6 Å². The molecule has 2 amide bonds. The monoisotopic (exact) mass is 388 g/mol. The quantitative estimate of drug-likeness (QED) is 0.624. The van der Waals surface area contributed by atoms with Crippen molar-refractivity contribution in [3.8, 4) is 5.75 Å². The van der Waals surface area contributed by atoms with Gasteiger partial charge in [-0.25, -0.2) is 0 Å². The number of ether oxygens (including phenoxy) is 1. The van der Waals surface area contributed by atoms with Crippen LogP contribution in [0, 0.1) is 10.1 Å². The fourth-order valence-electron chi connectivity index (χ4n) is 2.33. The number of para-hydroxylation sites is 1. The number of hydrogen-bond donors (Lipinski definition) is 1. The zero-order valence-corrected chi connectivity index (χ0v) is 14.5. The van der Waals surface area contributed by atoms with Crippen molar-refractivity contribution in [3.63, 3.8) is 0 Å². The Kier molecular flexibility index (Phi) is 5.32. The molecule has 2 aromatic rings. The number of anilines is 1. The smallest absolute Gasteiger partial charge is 0.271 e. The van der Waals surface area contributed by atoms with Crippen molar-refractivity contribution in [1.29, 1.82) is 0 Å². The summed E-state index contributed by atoms with van der Waals surface area (Å²) in [6, 6.07) is 12.5. The summed E-state index contributed by atoms with van der Waals surface area (Å²) in [6.07, 6.45) is -0.0427. The number of benzene rings is 2. The second-order valence-corrected chi connectivity index (χ2v) is 5.88. The molecule has 0 radical (unpaired) electrons. The Hall–Kier alpha value is -3.46. The molecule has 0 bridgehead atoms. The average molecular weight is 389 g/mol. The molecule has 0 saturated heterocycles. The van der Waals surface area contributed by atoms with Crippen LogP contribution in [0.15, 0.2) is 53.6 Å². The van der Waals surface area contributed by atoms with E-state index >= 15 is 0 Å². The lowest BCUT2D eigenvalue weighted by molar-refractivity contribution is -0.384. The normalized spacial score (nSPS) is 13.3. The van der Waals surface area contributed by atoms with Crippen LogP contribution in [-0.4, -0.2) is 29.2 Å². The van der Waals surface area contributed by atoms with Gasteiger partial charge in [-0.2, -0.15) is 10.1 Å². The van der Waals surface area contributed by atoms with Crippen LogP contribution in [0.3, 0.4) is 0 Å². The number of amides is 2. The van der Waals surface area contributed by atoms with E-state index in [1.165, 1.54) is 17.1 Å². The molecular weight excluding hydrogens is 376 g/mol. The number of halogens is 1. The molecule has 0 spiro atoms. The van der Waals surface area contributed by atoms with Crippen molar-refractivity contribution in [3.05, 3.63) is 63.7 Å². The average Bonchev–Trinajstić information content (AvgIpc) is 3.01. The van der Waals surface area contributed by atoms with E-state index in [4.69, 9.17) is 16.3 Å². The standard InChI is InChI=1S/C17H13ClN4O5/c18-13-8-12(22(25)26)6-7-14(13)27-10-16(23)19-15-9-17(24)21(20-15)11-4-2-1-3-5-11/h1-8H,9-10H2,(H,19,20,23). The van der Waals surface area contributed by atoms with Crippen molar-refractivity contribution in [1.82, 2.24) is 5.32 Å². The first-order valence-electron chi connectivity index (χ1n) is 7.76. The lowest BCUT2D eigenvalue weighted by Gasteiger charge is -2.10. The molecule has 10 heteroatoms. The van der Waals surface area contributed by atoms with E-state index in [0.717, 1.165) is 6.07 Å². The van der Waals surface area contributed by atoms with Crippen LogP contribution in [0.25, 0.3) is 0 Å². The third-order valence-corrected chi connectivity index (χ3v) is 3.84. The highest BCUT2D eigenvalue weighted by molar-refractivity contribution is 6.32. The number of hydrogen-bond acceptors (Lipinski definition) is 6. The minimum Gasteiger partial charge on any atom is -0.482 e. The fraction of sp³-hybridized carbons (Fsp3) is 0.118. The van der Waals surface area contributed by atoms with E-state index in [1.54, 1.807) is 24.3 Å². The van der Waals surface area contributed by atoms with Gasteiger partial charge in [-0.1, -0.05) is 29.8 Å². The maximum atomic E-state index is 12.0. The molecule has 0 unspecified atom stereocenters. The van der Waals surface area contributed by atoms with Crippen LogP contribution in [0.5, 0.6) is 5.75 Å². The summed E-state index contributed by atoms with van der Waals surface area (Å²) >= 11 is 5.90. The number of carbonyl (C=O) groups is 2. The summed E-state index contributed by atoms with van der Waals surface area (Å²) in [5, 5.41) is 18.5. The molecule has 1 heterocycles. The maximum absolute atomic E-state index is 12.0. The summed E-state index contributed by atoms with van der Waals surface area (Å²) in [4.78, 5) is 34.1. The zero-order chi connectivity index (χ0) is 19.4. The minimum absolute atomic E-state index is 0.0145. The van der Waals surface area contributed by atoms with Crippen LogP contribution < -0.4 is 15.1 Å². The number of carbonyl (C=O) groups excluding carboxylic acids is 2. The Bertz CT molecular complexity index is 932. The number of rotatable bonds is 5. The van der Waals surface area contributed by atoms with E-state index in [-0.39, 0.29) is 34.6 Å². The largest absolute Gasteiger partial charge is 0.482 e. The van der Waals surface area contributed by atoms with E-state index < -0.39 is 17.4 Å². The molecule has 138 valence electrons. The minimum atomic E-state index is -0.587.